The Bertz CT molecular complexity index is 168. The average molecular weight is 200 g/mol. The van der Waals surface area contributed by atoms with Gasteiger partial charge in [-0.3, -0.25) is 9.69 Å². The number of ether oxygens (including phenoxy) is 1. The molecule has 1 rings (SSSR count). The summed E-state index contributed by atoms with van der Waals surface area (Å²) in [4.78, 5) is 13.3. The van der Waals surface area contributed by atoms with Gasteiger partial charge in [0.1, 0.15) is 0 Å². The van der Waals surface area contributed by atoms with E-state index in [0.29, 0.717) is 6.42 Å². The van der Waals surface area contributed by atoms with Gasteiger partial charge in [-0.15, -0.1) is 0 Å². The third kappa shape index (κ3) is 4.58. The second-order valence-corrected chi connectivity index (χ2v) is 3.51. The van der Waals surface area contributed by atoms with Crippen molar-refractivity contribution in [2.24, 2.45) is 0 Å². The highest BCUT2D eigenvalue weighted by Gasteiger charge is 2.08. The molecule has 0 aromatic heterocycles. The van der Waals surface area contributed by atoms with E-state index in [1.54, 1.807) is 0 Å². The van der Waals surface area contributed by atoms with Crippen LogP contribution >= 0.6 is 0 Å². The van der Waals surface area contributed by atoms with Crippen molar-refractivity contribution in [1.29, 1.82) is 0 Å². The Kier molecular flexibility index (Phi) is 5.56. The molecular formula is C10H20N2O2. The van der Waals surface area contributed by atoms with E-state index in [1.165, 1.54) is 0 Å². The van der Waals surface area contributed by atoms with E-state index in [1.807, 2.05) is 6.92 Å². The van der Waals surface area contributed by atoms with Gasteiger partial charge in [0.15, 0.2) is 0 Å². The second kappa shape index (κ2) is 6.79. The summed E-state index contributed by atoms with van der Waals surface area (Å²) in [6, 6.07) is 0. The van der Waals surface area contributed by atoms with Crippen molar-refractivity contribution in [3.05, 3.63) is 0 Å². The molecule has 1 aliphatic rings. The van der Waals surface area contributed by atoms with Gasteiger partial charge < -0.3 is 10.1 Å². The molecule has 0 radical (unpaired) electrons. The van der Waals surface area contributed by atoms with Crippen LogP contribution in [0.1, 0.15) is 19.8 Å². The molecule has 0 unspecified atom stereocenters. The quantitative estimate of drug-likeness (QED) is 0.646. The number of morpholine rings is 1. The summed E-state index contributed by atoms with van der Waals surface area (Å²) in [5, 5.41) is 2.88. The predicted molar refractivity (Wildman–Crippen MR) is 55.2 cm³/mol. The summed E-state index contributed by atoms with van der Waals surface area (Å²) in [7, 11) is 0. The van der Waals surface area contributed by atoms with Crippen molar-refractivity contribution in [2.45, 2.75) is 19.8 Å². The minimum Gasteiger partial charge on any atom is -0.379 e. The Labute approximate surface area is 85.6 Å². The van der Waals surface area contributed by atoms with Crippen molar-refractivity contribution < 1.29 is 9.53 Å². The maximum absolute atomic E-state index is 10.9. The van der Waals surface area contributed by atoms with Gasteiger partial charge >= 0.3 is 0 Å². The lowest BCUT2D eigenvalue weighted by molar-refractivity contribution is -0.120. The summed E-state index contributed by atoms with van der Waals surface area (Å²) in [6.45, 7) is 7.49. The zero-order chi connectivity index (χ0) is 10.2. The van der Waals surface area contributed by atoms with Crippen LogP contribution < -0.4 is 5.32 Å². The molecule has 1 heterocycles. The van der Waals surface area contributed by atoms with Crippen molar-refractivity contribution in [1.82, 2.24) is 10.2 Å². The van der Waals surface area contributed by atoms with Crippen LogP contribution in [0.5, 0.6) is 0 Å². The normalized spacial score (nSPS) is 18.1. The topological polar surface area (TPSA) is 41.6 Å². The molecule has 0 aliphatic carbocycles. The highest BCUT2D eigenvalue weighted by atomic mass is 16.5. The molecule has 1 saturated heterocycles. The predicted octanol–water partition coefficient (Wildman–Crippen LogP) is 0.235. The Morgan fingerprint density at radius 3 is 2.79 bits per heavy atom. The molecule has 1 fully saturated rings. The van der Waals surface area contributed by atoms with Crippen LogP contribution in [0.4, 0.5) is 0 Å². The molecule has 0 aromatic carbocycles. The highest BCUT2D eigenvalue weighted by Crippen LogP contribution is 1.97. The van der Waals surface area contributed by atoms with Crippen LogP contribution in [0.15, 0.2) is 0 Å². The van der Waals surface area contributed by atoms with Crippen LogP contribution in [0, 0.1) is 0 Å². The number of hydrogen-bond acceptors (Lipinski definition) is 3. The van der Waals surface area contributed by atoms with Crippen LogP contribution in [0.3, 0.4) is 0 Å². The molecule has 0 atom stereocenters. The summed E-state index contributed by atoms with van der Waals surface area (Å²) in [6.07, 6.45) is 1.61. The SMILES string of the molecule is CCC(=O)NCCCN1CCOCC1. The van der Waals surface area contributed by atoms with Crippen molar-refractivity contribution in [3.63, 3.8) is 0 Å². The van der Waals surface area contributed by atoms with Crippen molar-refractivity contribution >= 4 is 5.91 Å². The van der Waals surface area contributed by atoms with Crippen LogP contribution in [0.25, 0.3) is 0 Å². The second-order valence-electron chi connectivity index (χ2n) is 3.51. The van der Waals surface area contributed by atoms with Crippen molar-refractivity contribution in [2.75, 3.05) is 39.4 Å². The first-order valence-electron chi connectivity index (χ1n) is 5.39. The molecule has 14 heavy (non-hydrogen) atoms. The van der Waals surface area contributed by atoms with Gasteiger partial charge in [0.25, 0.3) is 0 Å². The number of carbonyl (C=O) groups is 1. The summed E-state index contributed by atoms with van der Waals surface area (Å²) >= 11 is 0. The first-order valence-corrected chi connectivity index (χ1v) is 5.39. The number of amides is 1. The molecule has 82 valence electrons. The molecule has 1 aliphatic heterocycles. The van der Waals surface area contributed by atoms with E-state index in [-0.39, 0.29) is 5.91 Å². The van der Waals surface area contributed by atoms with E-state index in [2.05, 4.69) is 10.2 Å². The lowest BCUT2D eigenvalue weighted by Gasteiger charge is -2.26. The Balaban J connectivity index is 1.94. The van der Waals surface area contributed by atoms with E-state index >= 15 is 0 Å². The number of hydrogen-bond donors (Lipinski definition) is 1. The Morgan fingerprint density at radius 2 is 2.14 bits per heavy atom. The zero-order valence-corrected chi connectivity index (χ0v) is 8.92. The smallest absolute Gasteiger partial charge is 0.219 e. The molecule has 0 spiro atoms. The van der Waals surface area contributed by atoms with E-state index in [9.17, 15) is 4.79 Å². The number of rotatable bonds is 5. The number of carbonyl (C=O) groups excluding carboxylic acids is 1. The molecule has 0 aromatic rings. The standard InChI is InChI=1S/C10H20N2O2/c1-2-10(13)11-4-3-5-12-6-8-14-9-7-12/h2-9H2,1H3,(H,11,13). The highest BCUT2D eigenvalue weighted by molar-refractivity contribution is 5.75. The van der Waals surface area contributed by atoms with E-state index in [0.717, 1.165) is 45.8 Å². The fraction of sp³-hybridized carbons (Fsp3) is 0.900. The van der Waals surface area contributed by atoms with Gasteiger partial charge in [-0.1, -0.05) is 6.92 Å². The largest absolute Gasteiger partial charge is 0.379 e. The average Bonchev–Trinajstić information content (AvgIpc) is 2.25. The van der Waals surface area contributed by atoms with Crippen LogP contribution in [0.2, 0.25) is 0 Å². The Hall–Kier alpha value is -0.610. The maximum atomic E-state index is 10.9. The fourth-order valence-corrected chi connectivity index (χ4v) is 1.48. The minimum atomic E-state index is 0.145. The van der Waals surface area contributed by atoms with Crippen LogP contribution in [-0.2, 0) is 9.53 Å². The summed E-state index contributed by atoms with van der Waals surface area (Å²) in [5.74, 6) is 0.145. The first-order chi connectivity index (χ1) is 6.83. The monoisotopic (exact) mass is 200 g/mol. The lowest BCUT2D eigenvalue weighted by atomic mass is 10.3. The number of nitrogens with one attached hydrogen (secondary N) is 1. The summed E-state index contributed by atoms with van der Waals surface area (Å²) in [5.41, 5.74) is 0. The minimum absolute atomic E-state index is 0.145. The zero-order valence-electron chi connectivity index (χ0n) is 8.92. The third-order valence-corrected chi connectivity index (χ3v) is 2.40. The molecule has 1 N–H and O–H groups in total. The van der Waals surface area contributed by atoms with Crippen LogP contribution in [-0.4, -0.2) is 50.2 Å². The van der Waals surface area contributed by atoms with Gasteiger partial charge in [0.2, 0.25) is 5.91 Å². The maximum Gasteiger partial charge on any atom is 0.219 e. The van der Waals surface area contributed by atoms with E-state index in [4.69, 9.17) is 4.74 Å². The molecular weight excluding hydrogens is 180 g/mol. The van der Waals surface area contributed by atoms with E-state index < -0.39 is 0 Å². The summed E-state index contributed by atoms with van der Waals surface area (Å²) < 4.78 is 5.25. The molecule has 4 nitrogen and oxygen atoms in total. The molecule has 1 amide bonds. The molecule has 0 saturated carbocycles. The van der Waals surface area contributed by atoms with Gasteiger partial charge in [0.05, 0.1) is 13.2 Å². The van der Waals surface area contributed by atoms with Gasteiger partial charge in [-0.25, -0.2) is 0 Å². The molecule has 4 heteroatoms. The third-order valence-electron chi connectivity index (χ3n) is 2.40. The van der Waals surface area contributed by atoms with Gasteiger partial charge in [0, 0.05) is 26.1 Å². The molecule has 0 bridgehead atoms. The van der Waals surface area contributed by atoms with Crippen molar-refractivity contribution in [3.8, 4) is 0 Å². The van der Waals surface area contributed by atoms with Gasteiger partial charge in [-0.05, 0) is 13.0 Å². The van der Waals surface area contributed by atoms with Gasteiger partial charge in [-0.2, -0.15) is 0 Å². The fourth-order valence-electron chi connectivity index (χ4n) is 1.48. The lowest BCUT2D eigenvalue weighted by Crippen LogP contribution is -2.38. The number of nitrogens with zero attached hydrogens (tertiary/aromatic N) is 1. The Morgan fingerprint density at radius 1 is 1.43 bits per heavy atom. The first kappa shape index (κ1) is 11.5.